The van der Waals surface area contributed by atoms with Gasteiger partial charge in [0.05, 0.1) is 28.3 Å². The molecular formula is C19H20N2O7S. The van der Waals surface area contributed by atoms with E-state index in [1.807, 2.05) is 0 Å². The van der Waals surface area contributed by atoms with Gasteiger partial charge in [0, 0.05) is 12.3 Å². The monoisotopic (exact) mass is 420 g/mol. The van der Waals surface area contributed by atoms with E-state index in [1.54, 1.807) is 29.9 Å². The fourth-order valence-corrected chi connectivity index (χ4v) is 5.65. The zero-order valence-electron chi connectivity index (χ0n) is 15.4. The number of aromatic nitrogens is 1. The predicted molar refractivity (Wildman–Crippen MR) is 99.0 cm³/mol. The molecule has 2 atom stereocenters. The fraction of sp³-hybridized carbons (Fsp3) is 0.368. The standard InChI is InChI=1S/C19H20N2O7S/c22-18(21-23)19(9-15-16(10-19)27-12-26-15)11-29(24,25)14-6-4-13(5-7-14)28-17-3-1-2-8-20-17/h1-8,15-16,23H,9-12H2,(H,21,22). The molecule has 1 saturated heterocycles. The van der Waals surface area contributed by atoms with Gasteiger partial charge in [-0.1, -0.05) is 6.07 Å². The highest BCUT2D eigenvalue weighted by atomic mass is 32.2. The van der Waals surface area contributed by atoms with E-state index in [0.29, 0.717) is 11.6 Å². The number of pyridine rings is 1. The Bertz CT molecular complexity index is 967. The van der Waals surface area contributed by atoms with Gasteiger partial charge in [0.25, 0.3) is 5.91 Å². The molecule has 2 fully saturated rings. The predicted octanol–water partition coefficient (Wildman–Crippen LogP) is 1.67. The van der Waals surface area contributed by atoms with Crippen molar-refractivity contribution in [2.24, 2.45) is 5.41 Å². The van der Waals surface area contributed by atoms with Crippen molar-refractivity contribution >= 4 is 15.7 Å². The van der Waals surface area contributed by atoms with Gasteiger partial charge in [-0.05, 0) is 43.2 Å². The minimum Gasteiger partial charge on any atom is -0.439 e. The van der Waals surface area contributed by atoms with E-state index in [0.717, 1.165) is 0 Å². The molecule has 9 nitrogen and oxygen atoms in total. The summed E-state index contributed by atoms with van der Waals surface area (Å²) in [5.74, 6) is -0.397. The van der Waals surface area contributed by atoms with Crippen LogP contribution in [-0.2, 0) is 24.1 Å². The molecule has 0 spiro atoms. The average molecular weight is 420 g/mol. The Morgan fingerprint density at radius 1 is 1.17 bits per heavy atom. The van der Waals surface area contributed by atoms with Crippen molar-refractivity contribution in [1.29, 1.82) is 0 Å². The van der Waals surface area contributed by atoms with Gasteiger partial charge in [-0.15, -0.1) is 0 Å². The second-order valence-electron chi connectivity index (χ2n) is 7.16. The molecule has 1 aromatic carbocycles. The molecule has 1 aromatic heterocycles. The molecule has 154 valence electrons. The van der Waals surface area contributed by atoms with E-state index in [1.165, 1.54) is 24.3 Å². The van der Waals surface area contributed by atoms with Gasteiger partial charge < -0.3 is 14.2 Å². The maximum absolute atomic E-state index is 13.0. The van der Waals surface area contributed by atoms with Crippen LogP contribution in [0.15, 0.2) is 53.6 Å². The minimum absolute atomic E-state index is 0.0508. The number of nitrogens with one attached hydrogen (secondary N) is 1. The molecule has 1 aliphatic heterocycles. The maximum Gasteiger partial charge on any atom is 0.250 e. The third-order valence-corrected chi connectivity index (χ3v) is 7.18. The van der Waals surface area contributed by atoms with E-state index in [9.17, 15) is 13.2 Å². The van der Waals surface area contributed by atoms with Gasteiger partial charge in [0.2, 0.25) is 5.88 Å². The number of ether oxygens (including phenoxy) is 3. The fourth-order valence-electron chi connectivity index (χ4n) is 3.84. The molecule has 10 heteroatoms. The van der Waals surface area contributed by atoms with Crippen LogP contribution in [0.3, 0.4) is 0 Å². The SMILES string of the molecule is O=C(NO)C1(CS(=O)(=O)c2ccc(Oc3ccccn3)cc2)CC2OCOC2C1. The largest absolute Gasteiger partial charge is 0.439 e. The first-order valence-corrected chi connectivity index (χ1v) is 10.7. The summed E-state index contributed by atoms with van der Waals surface area (Å²) in [7, 11) is -3.83. The number of benzene rings is 1. The lowest BCUT2D eigenvalue weighted by Crippen LogP contribution is -2.43. The van der Waals surface area contributed by atoms with Crippen LogP contribution in [0.4, 0.5) is 0 Å². The van der Waals surface area contributed by atoms with E-state index < -0.39 is 26.9 Å². The van der Waals surface area contributed by atoms with E-state index in [-0.39, 0.29) is 36.7 Å². The van der Waals surface area contributed by atoms with Crippen molar-refractivity contribution in [2.75, 3.05) is 12.5 Å². The second kappa shape index (κ2) is 7.71. The lowest BCUT2D eigenvalue weighted by Gasteiger charge is -2.26. The van der Waals surface area contributed by atoms with Crippen molar-refractivity contribution in [3.8, 4) is 11.6 Å². The molecular weight excluding hydrogens is 400 g/mol. The van der Waals surface area contributed by atoms with Crippen molar-refractivity contribution in [2.45, 2.75) is 29.9 Å². The third-order valence-electron chi connectivity index (χ3n) is 5.26. The Balaban J connectivity index is 1.53. The molecule has 2 aliphatic rings. The normalized spacial score (nSPS) is 26.1. The molecule has 2 aromatic rings. The third kappa shape index (κ3) is 3.97. The zero-order chi connectivity index (χ0) is 20.5. The lowest BCUT2D eigenvalue weighted by molar-refractivity contribution is -0.140. The highest BCUT2D eigenvalue weighted by molar-refractivity contribution is 7.91. The molecule has 29 heavy (non-hydrogen) atoms. The van der Waals surface area contributed by atoms with Gasteiger partial charge in [0.15, 0.2) is 9.84 Å². The summed E-state index contributed by atoms with van der Waals surface area (Å²) in [4.78, 5) is 16.5. The highest BCUT2D eigenvalue weighted by Gasteiger charge is 2.55. The van der Waals surface area contributed by atoms with Crippen molar-refractivity contribution < 1.29 is 32.6 Å². The van der Waals surface area contributed by atoms with Crippen LogP contribution in [0, 0.1) is 5.41 Å². The minimum atomic E-state index is -3.83. The summed E-state index contributed by atoms with van der Waals surface area (Å²) in [6.45, 7) is 0.122. The first kappa shape index (κ1) is 19.8. The van der Waals surface area contributed by atoms with E-state index in [4.69, 9.17) is 19.4 Å². The number of fused-ring (bicyclic) bond motifs is 1. The number of amides is 1. The Kier molecular flexibility index (Phi) is 5.26. The number of hydroxylamine groups is 1. The molecule has 2 unspecified atom stereocenters. The first-order valence-electron chi connectivity index (χ1n) is 9.01. The number of rotatable bonds is 6. The number of carbonyl (C=O) groups excluding carboxylic acids is 1. The zero-order valence-corrected chi connectivity index (χ0v) is 16.2. The van der Waals surface area contributed by atoms with E-state index >= 15 is 0 Å². The molecule has 1 aliphatic carbocycles. The smallest absolute Gasteiger partial charge is 0.250 e. The molecule has 4 rings (SSSR count). The van der Waals surface area contributed by atoms with Crippen molar-refractivity contribution in [1.82, 2.24) is 10.5 Å². The summed E-state index contributed by atoms with van der Waals surface area (Å²) in [6.07, 6.45) is 1.17. The molecule has 2 N–H and O–H groups in total. The Labute approximate surface area is 167 Å². The Morgan fingerprint density at radius 2 is 1.86 bits per heavy atom. The first-order chi connectivity index (χ1) is 13.9. The van der Waals surface area contributed by atoms with Gasteiger partial charge in [-0.3, -0.25) is 10.0 Å². The quantitative estimate of drug-likeness (QED) is 0.534. The van der Waals surface area contributed by atoms with Crippen molar-refractivity contribution in [3.05, 3.63) is 48.7 Å². The van der Waals surface area contributed by atoms with Crippen LogP contribution in [0.5, 0.6) is 11.6 Å². The van der Waals surface area contributed by atoms with Crippen LogP contribution in [0.25, 0.3) is 0 Å². The maximum atomic E-state index is 13.0. The number of hydrogen-bond donors (Lipinski definition) is 2. The molecule has 2 heterocycles. The van der Waals surface area contributed by atoms with Gasteiger partial charge >= 0.3 is 0 Å². The molecule has 1 saturated carbocycles. The Hall–Kier alpha value is -2.53. The highest BCUT2D eigenvalue weighted by Crippen LogP contribution is 2.45. The van der Waals surface area contributed by atoms with Crippen LogP contribution in [0.1, 0.15) is 12.8 Å². The number of hydrogen-bond acceptors (Lipinski definition) is 8. The summed E-state index contributed by atoms with van der Waals surface area (Å²) in [5, 5.41) is 9.17. The summed E-state index contributed by atoms with van der Waals surface area (Å²) in [5.41, 5.74) is 0.279. The van der Waals surface area contributed by atoms with Crippen molar-refractivity contribution in [3.63, 3.8) is 0 Å². The molecule has 1 amide bonds. The number of sulfone groups is 1. The molecule has 0 radical (unpaired) electrons. The van der Waals surface area contributed by atoms with Gasteiger partial charge in [-0.25, -0.2) is 18.9 Å². The summed E-state index contributed by atoms with van der Waals surface area (Å²) < 4.78 is 42.4. The average Bonchev–Trinajstić information content (AvgIpc) is 3.28. The Morgan fingerprint density at radius 3 is 2.45 bits per heavy atom. The molecule has 0 bridgehead atoms. The van der Waals surface area contributed by atoms with Crippen LogP contribution in [-0.4, -0.2) is 49.3 Å². The van der Waals surface area contributed by atoms with Gasteiger partial charge in [0.1, 0.15) is 12.5 Å². The lowest BCUT2D eigenvalue weighted by atomic mass is 9.87. The summed E-state index contributed by atoms with van der Waals surface area (Å²) >= 11 is 0. The topological polar surface area (TPSA) is 124 Å². The van der Waals surface area contributed by atoms with Crippen LogP contribution >= 0.6 is 0 Å². The van der Waals surface area contributed by atoms with Crippen LogP contribution in [0.2, 0.25) is 0 Å². The number of carbonyl (C=O) groups is 1. The van der Waals surface area contributed by atoms with E-state index in [2.05, 4.69) is 4.98 Å². The second-order valence-corrected chi connectivity index (χ2v) is 9.15. The van der Waals surface area contributed by atoms with Gasteiger partial charge in [-0.2, -0.15) is 0 Å². The number of nitrogens with zero attached hydrogens (tertiary/aromatic N) is 1. The summed E-state index contributed by atoms with van der Waals surface area (Å²) in [6, 6.07) is 11.1. The van der Waals surface area contributed by atoms with Crippen LogP contribution < -0.4 is 10.2 Å².